The molecule has 0 radical (unpaired) electrons. The summed E-state index contributed by atoms with van der Waals surface area (Å²) in [4.78, 5) is 16.1. The van der Waals surface area contributed by atoms with E-state index >= 15 is 0 Å². The molecule has 1 aliphatic heterocycles. The minimum Gasteiger partial charge on any atom is -0.508 e. The fraction of sp³-hybridized carbons (Fsp3) is 0.500. The van der Waals surface area contributed by atoms with Gasteiger partial charge in [0.05, 0.1) is 13.0 Å². The first kappa shape index (κ1) is 13.8. The molecule has 0 spiro atoms. The number of β-amino-alcohol motifs (C(OH)–C–C–N with tert-alkyl or cyclic N) is 1. The molecule has 0 saturated carbocycles. The molecule has 0 aliphatic carbocycles. The van der Waals surface area contributed by atoms with Crippen LogP contribution >= 0.6 is 0 Å². The highest BCUT2D eigenvalue weighted by Gasteiger charge is 2.21. The summed E-state index contributed by atoms with van der Waals surface area (Å²) >= 11 is 0. The van der Waals surface area contributed by atoms with Crippen LogP contribution < -0.4 is 0 Å². The summed E-state index contributed by atoms with van der Waals surface area (Å²) in [7, 11) is 0. The molecule has 2 N–H and O–H groups in total. The Morgan fingerprint density at radius 2 is 1.84 bits per heavy atom. The first-order valence-electron chi connectivity index (χ1n) is 6.58. The number of aromatic hydroxyl groups is 1. The summed E-state index contributed by atoms with van der Waals surface area (Å²) < 4.78 is 0. The first-order valence-corrected chi connectivity index (χ1v) is 6.58. The van der Waals surface area contributed by atoms with Gasteiger partial charge in [-0.05, 0) is 6.07 Å². The van der Waals surface area contributed by atoms with Gasteiger partial charge in [0, 0.05) is 38.3 Å². The second-order valence-corrected chi connectivity index (χ2v) is 4.75. The third-order valence-corrected chi connectivity index (χ3v) is 3.47. The Hall–Kier alpha value is -1.59. The molecular weight excluding hydrogens is 244 g/mol. The van der Waals surface area contributed by atoms with Gasteiger partial charge in [-0.15, -0.1) is 0 Å². The van der Waals surface area contributed by atoms with Crippen LogP contribution in [0.5, 0.6) is 5.75 Å². The molecule has 104 valence electrons. The normalized spacial score (nSPS) is 16.6. The van der Waals surface area contributed by atoms with E-state index in [2.05, 4.69) is 4.90 Å². The van der Waals surface area contributed by atoms with E-state index in [9.17, 15) is 9.90 Å². The van der Waals surface area contributed by atoms with E-state index in [4.69, 9.17) is 5.11 Å². The van der Waals surface area contributed by atoms with E-state index in [-0.39, 0.29) is 24.7 Å². The Bertz CT molecular complexity index is 428. The number of carbonyl (C=O) groups excluding carboxylic acids is 1. The highest BCUT2D eigenvalue weighted by Crippen LogP contribution is 2.17. The molecule has 5 nitrogen and oxygen atoms in total. The van der Waals surface area contributed by atoms with Gasteiger partial charge in [0.1, 0.15) is 5.75 Å². The zero-order valence-corrected chi connectivity index (χ0v) is 11.0. The highest BCUT2D eigenvalue weighted by atomic mass is 16.3. The number of aliphatic hydroxyl groups is 1. The zero-order valence-electron chi connectivity index (χ0n) is 11.0. The van der Waals surface area contributed by atoms with E-state index < -0.39 is 0 Å². The number of rotatable bonds is 4. The molecule has 1 aromatic rings. The van der Waals surface area contributed by atoms with Gasteiger partial charge in [-0.1, -0.05) is 18.2 Å². The lowest BCUT2D eigenvalue weighted by atomic mass is 10.1. The van der Waals surface area contributed by atoms with Crippen LogP contribution in [0.2, 0.25) is 0 Å². The van der Waals surface area contributed by atoms with Crippen LogP contribution in [0.15, 0.2) is 24.3 Å². The van der Waals surface area contributed by atoms with Crippen LogP contribution in [-0.4, -0.2) is 65.3 Å². The van der Waals surface area contributed by atoms with Crippen molar-refractivity contribution in [1.29, 1.82) is 0 Å². The lowest BCUT2D eigenvalue weighted by Gasteiger charge is -2.34. The van der Waals surface area contributed by atoms with Gasteiger partial charge in [-0.3, -0.25) is 9.69 Å². The Balaban J connectivity index is 1.87. The maximum Gasteiger partial charge on any atom is 0.227 e. The predicted octanol–water partition coefficient (Wildman–Crippen LogP) is 0.0712. The van der Waals surface area contributed by atoms with E-state index in [0.717, 1.165) is 13.1 Å². The molecule has 1 aromatic carbocycles. The second kappa shape index (κ2) is 6.54. The van der Waals surface area contributed by atoms with E-state index in [1.54, 1.807) is 18.2 Å². The Morgan fingerprint density at radius 1 is 1.16 bits per heavy atom. The average Bonchev–Trinajstić information content (AvgIpc) is 2.42. The van der Waals surface area contributed by atoms with Crippen molar-refractivity contribution >= 4 is 5.91 Å². The zero-order chi connectivity index (χ0) is 13.7. The van der Waals surface area contributed by atoms with Gasteiger partial charge in [0.15, 0.2) is 0 Å². The maximum absolute atomic E-state index is 12.1. The fourth-order valence-corrected chi connectivity index (χ4v) is 2.30. The molecule has 2 rings (SSSR count). The van der Waals surface area contributed by atoms with Crippen LogP contribution in [0.1, 0.15) is 5.56 Å². The average molecular weight is 264 g/mol. The summed E-state index contributed by atoms with van der Waals surface area (Å²) in [5.74, 6) is 0.222. The molecule has 0 atom stereocenters. The number of benzene rings is 1. The van der Waals surface area contributed by atoms with Crippen LogP contribution in [-0.2, 0) is 11.2 Å². The Kier molecular flexibility index (Phi) is 4.76. The van der Waals surface area contributed by atoms with E-state index in [0.29, 0.717) is 25.2 Å². The van der Waals surface area contributed by atoms with Crippen molar-refractivity contribution in [2.75, 3.05) is 39.3 Å². The van der Waals surface area contributed by atoms with E-state index in [1.807, 2.05) is 11.0 Å². The number of phenolic OH excluding ortho intramolecular Hbond substituents is 1. The van der Waals surface area contributed by atoms with Gasteiger partial charge >= 0.3 is 0 Å². The predicted molar refractivity (Wildman–Crippen MR) is 71.9 cm³/mol. The van der Waals surface area contributed by atoms with Gasteiger partial charge in [-0.25, -0.2) is 0 Å². The summed E-state index contributed by atoms with van der Waals surface area (Å²) in [6.07, 6.45) is 0.243. The number of nitrogens with zero attached hydrogens (tertiary/aromatic N) is 2. The largest absolute Gasteiger partial charge is 0.508 e. The Morgan fingerprint density at radius 3 is 2.47 bits per heavy atom. The number of para-hydroxylation sites is 1. The van der Waals surface area contributed by atoms with Crippen molar-refractivity contribution in [3.63, 3.8) is 0 Å². The van der Waals surface area contributed by atoms with Crippen molar-refractivity contribution in [2.45, 2.75) is 6.42 Å². The van der Waals surface area contributed by atoms with Gasteiger partial charge in [0.25, 0.3) is 0 Å². The maximum atomic E-state index is 12.1. The molecule has 0 unspecified atom stereocenters. The first-order chi connectivity index (χ1) is 9.20. The monoisotopic (exact) mass is 264 g/mol. The van der Waals surface area contributed by atoms with Crippen molar-refractivity contribution < 1.29 is 15.0 Å². The molecule has 0 aromatic heterocycles. The minimum atomic E-state index is 0.0464. The minimum absolute atomic E-state index is 0.0464. The molecule has 1 saturated heterocycles. The number of hydrogen-bond donors (Lipinski definition) is 2. The second-order valence-electron chi connectivity index (χ2n) is 4.75. The van der Waals surface area contributed by atoms with Crippen molar-refractivity contribution in [1.82, 2.24) is 9.80 Å². The fourth-order valence-electron chi connectivity index (χ4n) is 2.30. The topological polar surface area (TPSA) is 64.0 Å². The quantitative estimate of drug-likeness (QED) is 0.808. The van der Waals surface area contributed by atoms with Gasteiger partial charge in [-0.2, -0.15) is 0 Å². The lowest BCUT2D eigenvalue weighted by molar-refractivity contribution is -0.132. The van der Waals surface area contributed by atoms with E-state index in [1.165, 1.54) is 0 Å². The number of carbonyl (C=O) groups is 1. The van der Waals surface area contributed by atoms with Gasteiger partial charge in [0.2, 0.25) is 5.91 Å². The highest BCUT2D eigenvalue weighted by molar-refractivity contribution is 5.79. The van der Waals surface area contributed by atoms with Crippen LogP contribution in [0.4, 0.5) is 0 Å². The lowest BCUT2D eigenvalue weighted by Crippen LogP contribution is -2.49. The Labute approximate surface area is 113 Å². The number of piperazine rings is 1. The summed E-state index contributed by atoms with van der Waals surface area (Å²) in [5.41, 5.74) is 0.672. The van der Waals surface area contributed by atoms with Crippen molar-refractivity contribution in [2.24, 2.45) is 0 Å². The molecule has 1 amide bonds. The van der Waals surface area contributed by atoms with Crippen molar-refractivity contribution in [3.8, 4) is 5.75 Å². The molecule has 0 bridgehead atoms. The molecule has 19 heavy (non-hydrogen) atoms. The van der Waals surface area contributed by atoms with Crippen LogP contribution in [0.3, 0.4) is 0 Å². The summed E-state index contributed by atoms with van der Waals surface area (Å²) in [6.45, 7) is 3.80. The smallest absolute Gasteiger partial charge is 0.227 e. The summed E-state index contributed by atoms with van der Waals surface area (Å²) in [5, 5.41) is 18.5. The molecule has 5 heteroatoms. The SMILES string of the molecule is O=C(Cc1ccccc1O)N1CCN(CCO)CC1. The van der Waals surface area contributed by atoms with Crippen LogP contribution in [0, 0.1) is 0 Å². The van der Waals surface area contributed by atoms with Crippen LogP contribution in [0.25, 0.3) is 0 Å². The number of aliphatic hydroxyl groups excluding tert-OH is 1. The summed E-state index contributed by atoms with van der Waals surface area (Å²) in [6, 6.07) is 6.94. The van der Waals surface area contributed by atoms with Gasteiger partial charge < -0.3 is 15.1 Å². The third-order valence-electron chi connectivity index (χ3n) is 3.47. The number of phenols is 1. The molecule has 1 heterocycles. The molecular formula is C14H20N2O3. The standard InChI is InChI=1S/C14H20N2O3/c17-10-9-15-5-7-16(8-6-15)14(19)11-12-3-1-2-4-13(12)18/h1-4,17-18H,5-11H2. The van der Waals surface area contributed by atoms with Crippen molar-refractivity contribution in [3.05, 3.63) is 29.8 Å². The number of amides is 1. The number of hydrogen-bond acceptors (Lipinski definition) is 4. The molecule has 1 aliphatic rings. The molecule has 1 fully saturated rings. The third kappa shape index (κ3) is 3.68.